The fraction of sp³-hybridized carbons (Fsp3) is 0.632. The van der Waals surface area contributed by atoms with Crippen molar-refractivity contribution in [2.75, 3.05) is 19.6 Å². The van der Waals surface area contributed by atoms with Crippen LogP contribution in [0.1, 0.15) is 37.7 Å². The molecule has 3 heterocycles. The summed E-state index contributed by atoms with van der Waals surface area (Å²) in [5, 5.41) is 0. The lowest BCUT2D eigenvalue weighted by atomic mass is 9.83. The third-order valence-electron chi connectivity index (χ3n) is 5.94. The van der Waals surface area contributed by atoms with Gasteiger partial charge in [0, 0.05) is 32.2 Å². The van der Waals surface area contributed by atoms with Crippen LogP contribution in [0.3, 0.4) is 0 Å². The van der Waals surface area contributed by atoms with Crippen molar-refractivity contribution in [3.8, 4) is 0 Å². The predicted octanol–water partition coefficient (Wildman–Crippen LogP) is 3.19. The van der Waals surface area contributed by atoms with Gasteiger partial charge in [-0.2, -0.15) is 0 Å². The standard InChI is InChI=1S/C19H24F2N2O/c20-17-7-4-14(8-18(17)21)9-22-11-15-5-6-16(12-22)23(19(15)24)10-13-2-1-3-13/h4,7-8,13,15-16H,1-3,5-6,9-12H2/t15-,16+/m0/s1. The maximum absolute atomic E-state index is 13.4. The third-order valence-corrected chi connectivity index (χ3v) is 5.94. The second-order valence-corrected chi connectivity index (χ2v) is 7.66. The minimum atomic E-state index is -0.809. The molecule has 3 saturated heterocycles. The van der Waals surface area contributed by atoms with E-state index in [1.807, 2.05) is 0 Å². The zero-order valence-corrected chi connectivity index (χ0v) is 13.9. The van der Waals surface area contributed by atoms with Crippen molar-refractivity contribution in [1.29, 1.82) is 0 Å². The van der Waals surface area contributed by atoms with Crippen molar-refractivity contribution in [2.45, 2.75) is 44.7 Å². The first kappa shape index (κ1) is 16.0. The molecular weight excluding hydrogens is 310 g/mol. The average Bonchev–Trinajstić information content (AvgIpc) is 2.78. The molecule has 1 saturated carbocycles. The Morgan fingerprint density at radius 3 is 2.58 bits per heavy atom. The van der Waals surface area contributed by atoms with Crippen LogP contribution in [0.4, 0.5) is 8.78 Å². The van der Waals surface area contributed by atoms with Gasteiger partial charge in [0.2, 0.25) is 5.91 Å². The first-order valence-corrected chi connectivity index (χ1v) is 9.07. The highest BCUT2D eigenvalue weighted by Crippen LogP contribution is 2.34. The summed E-state index contributed by atoms with van der Waals surface area (Å²) in [6, 6.07) is 4.38. The van der Waals surface area contributed by atoms with Crippen molar-refractivity contribution in [3.05, 3.63) is 35.4 Å². The van der Waals surface area contributed by atoms with Crippen LogP contribution in [0.5, 0.6) is 0 Å². The monoisotopic (exact) mass is 334 g/mol. The minimum Gasteiger partial charge on any atom is -0.338 e. The normalized spacial score (nSPS) is 28.1. The van der Waals surface area contributed by atoms with Crippen LogP contribution >= 0.6 is 0 Å². The van der Waals surface area contributed by atoms with Gasteiger partial charge in [-0.05, 0) is 49.3 Å². The summed E-state index contributed by atoms with van der Waals surface area (Å²) in [6.07, 6.45) is 5.82. The molecule has 1 aromatic rings. The Hall–Kier alpha value is -1.49. The number of benzene rings is 1. The lowest BCUT2D eigenvalue weighted by Crippen LogP contribution is -2.50. The van der Waals surface area contributed by atoms with E-state index in [0.717, 1.165) is 38.0 Å². The number of hydrogen-bond donors (Lipinski definition) is 0. The van der Waals surface area contributed by atoms with Crippen molar-refractivity contribution >= 4 is 5.91 Å². The Morgan fingerprint density at radius 2 is 1.88 bits per heavy atom. The zero-order valence-electron chi connectivity index (χ0n) is 13.9. The Bertz CT molecular complexity index is 632. The fourth-order valence-electron chi connectivity index (χ4n) is 4.35. The van der Waals surface area contributed by atoms with Crippen LogP contribution in [-0.4, -0.2) is 41.4 Å². The van der Waals surface area contributed by atoms with Gasteiger partial charge in [-0.1, -0.05) is 12.5 Å². The summed E-state index contributed by atoms with van der Waals surface area (Å²) in [5.74, 6) is -0.544. The smallest absolute Gasteiger partial charge is 0.227 e. The SMILES string of the molecule is O=C1[C@H]2CC[C@H](CN(Cc3ccc(F)c(F)c3)C2)N1CC1CCC1. The molecule has 2 bridgehead atoms. The van der Waals surface area contributed by atoms with Crippen molar-refractivity contribution in [2.24, 2.45) is 11.8 Å². The molecular formula is C19H24F2N2O. The van der Waals surface area contributed by atoms with Gasteiger partial charge in [-0.15, -0.1) is 0 Å². The molecule has 1 aromatic carbocycles. The van der Waals surface area contributed by atoms with Gasteiger partial charge < -0.3 is 4.90 Å². The molecule has 0 N–H and O–H groups in total. The second kappa shape index (κ2) is 6.43. The molecule has 5 rings (SSSR count). The maximum atomic E-state index is 13.4. The van der Waals surface area contributed by atoms with Gasteiger partial charge in [-0.3, -0.25) is 9.69 Å². The molecule has 2 atom stereocenters. The molecule has 130 valence electrons. The highest BCUT2D eigenvalue weighted by molar-refractivity contribution is 5.80. The molecule has 0 spiro atoms. The van der Waals surface area contributed by atoms with Crippen LogP contribution in [0.2, 0.25) is 0 Å². The molecule has 0 unspecified atom stereocenters. The fourth-order valence-corrected chi connectivity index (χ4v) is 4.35. The van der Waals surface area contributed by atoms with Gasteiger partial charge in [0.1, 0.15) is 0 Å². The summed E-state index contributed by atoms with van der Waals surface area (Å²) in [7, 11) is 0. The molecule has 4 aliphatic rings. The second-order valence-electron chi connectivity index (χ2n) is 7.66. The number of carbonyl (C=O) groups is 1. The summed E-state index contributed by atoms with van der Waals surface area (Å²) < 4.78 is 26.5. The topological polar surface area (TPSA) is 23.6 Å². The van der Waals surface area contributed by atoms with E-state index >= 15 is 0 Å². The zero-order chi connectivity index (χ0) is 16.7. The van der Waals surface area contributed by atoms with Crippen LogP contribution in [0.15, 0.2) is 18.2 Å². The Labute approximate surface area is 141 Å². The van der Waals surface area contributed by atoms with E-state index in [9.17, 15) is 13.6 Å². The number of piperidine rings is 1. The first-order chi connectivity index (χ1) is 11.6. The Morgan fingerprint density at radius 1 is 1.04 bits per heavy atom. The van der Waals surface area contributed by atoms with Gasteiger partial charge in [-0.25, -0.2) is 8.78 Å². The highest BCUT2D eigenvalue weighted by atomic mass is 19.2. The molecule has 0 radical (unpaired) electrons. The van der Waals surface area contributed by atoms with Crippen molar-refractivity contribution in [1.82, 2.24) is 9.80 Å². The summed E-state index contributed by atoms with van der Waals surface area (Å²) in [6.45, 7) is 3.07. The molecule has 0 aromatic heterocycles. The first-order valence-electron chi connectivity index (χ1n) is 9.07. The van der Waals surface area contributed by atoms with E-state index < -0.39 is 11.6 Å². The number of rotatable bonds is 4. The number of carbonyl (C=O) groups excluding carboxylic acids is 1. The third kappa shape index (κ3) is 3.06. The van der Waals surface area contributed by atoms with Gasteiger partial charge in [0.15, 0.2) is 11.6 Å². The van der Waals surface area contributed by atoms with Gasteiger partial charge in [0.05, 0.1) is 5.92 Å². The van der Waals surface area contributed by atoms with E-state index in [0.29, 0.717) is 18.4 Å². The number of halogens is 2. The van der Waals surface area contributed by atoms with E-state index in [4.69, 9.17) is 0 Å². The molecule has 1 amide bonds. The highest BCUT2D eigenvalue weighted by Gasteiger charge is 2.41. The number of hydrogen-bond acceptors (Lipinski definition) is 2. The minimum absolute atomic E-state index is 0.0640. The van der Waals surface area contributed by atoms with Crippen LogP contribution < -0.4 is 0 Å². The lowest BCUT2D eigenvalue weighted by molar-refractivity contribution is -0.141. The van der Waals surface area contributed by atoms with E-state index in [-0.39, 0.29) is 12.0 Å². The van der Waals surface area contributed by atoms with Crippen molar-refractivity contribution < 1.29 is 13.6 Å². The lowest BCUT2D eigenvalue weighted by Gasteiger charge is -2.40. The quantitative estimate of drug-likeness (QED) is 0.844. The molecule has 3 aliphatic heterocycles. The van der Waals surface area contributed by atoms with E-state index in [1.54, 1.807) is 6.07 Å². The predicted molar refractivity (Wildman–Crippen MR) is 87.2 cm³/mol. The maximum Gasteiger partial charge on any atom is 0.227 e. The largest absolute Gasteiger partial charge is 0.338 e. The number of fused-ring (bicyclic) bond motifs is 4. The molecule has 3 nitrogen and oxygen atoms in total. The van der Waals surface area contributed by atoms with E-state index in [2.05, 4.69) is 9.80 Å². The van der Waals surface area contributed by atoms with Crippen LogP contribution in [0.25, 0.3) is 0 Å². The summed E-state index contributed by atoms with van der Waals surface area (Å²) >= 11 is 0. The average molecular weight is 334 g/mol. The van der Waals surface area contributed by atoms with Crippen LogP contribution in [0, 0.1) is 23.5 Å². The summed E-state index contributed by atoms with van der Waals surface area (Å²) in [5.41, 5.74) is 0.771. The van der Waals surface area contributed by atoms with Gasteiger partial charge >= 0.3 is 0 Å². The summed E-state index contributed by atoms with van der Waals surface area (Å²) in [4.78, 5) is 17.1. The molecule has 1 aliphatic carbocycles. The molecule has 4 fully saturated rings. The number of amides is 1. The van der Waals surface area contributed by atoms with Crippen molar-refractivity contribution in [3.63, 3.8) is 0 Å². The molecule has 5 heteroatoms. The van der Waals surface area contributed by atoms with Gasteiger partial charge in [0.25, 0.3) is 0 Å². The Balaban J connectivity index is 1.46. The Kier molecular flexibility index (Phi) is 4.29. The van der Waals surface area contributed by atoms with E-state index in [1.165, 1.54) is 31.4 Å². The number of nitrogens with zero attached hydrogens (tertiary/aromatic N) is 2. The van der Waals surface area contributed by atoms with Crippen LogP contribution in [-0.2, 0) is 11.3 Å². The molecule has 24 heavy (non-hydrogen) atoms.